The van der Waals surface area contributed by atoms with Crippen LogP contribution in [0, 0.1) is 20.8 Å². The summed E-state index contributed by atoms with van der Waals surface area (Å²) in [4.78, 5) is 22.5. The molecule has 6 heteroatoms. The van der Waals surface area contributed by atoms with Crippen LogP contribution in [0.3, 0.4) is 0 Å². The molecule has 0 saturated heterocycles. The molecule has 5 nitrogen and oxygen atoms in total. The molecular formula is C18H22ClN3O2. The van der Waals surface area contributed by atoms with Crippen molar-refractivity contribution in [1.82, 2.24) is 9.97 Å². The fraction of sp³-hybridized carbons (Fsp3) is 0.389. The van der Waals surface area contributed by atoms with E-state index >= 15 is 0 Å². The summed E-state index contributed by atoms with van der Waals surface area (Å²) >= 11 is 5.98. The molecule has 0 spiro atoms. The van der Waals surface area contributed by atoms with Gasteiger partial charge in [-0.3, -0.25) is 0 Å². The van der Waals surface area contributed by atoms with Crippen molar-refractivity contribution in [1.29, 1.82) is 0 Å². The fourth-order valence-corrected chi connectivity index (χ4v) is 2.53. The Bertz CT molecular complexity index is 749. The monoisotopic (exact) mass is 347 g/mol. The quantitative estimate of drug-likeness (QED) is 0.707. The molecule has 0 aliphatic heterocycles. The number of hydrogen-bond donors (Lipinski definition) is 0. The number of rotatable bonds is 2. The van der Waals surface area contributed by atoms with E-state index in [2.05, 4.69) is 9.97 Å². The van der Waals surface area contributed by atoms with Gasteiger partial charge >= 0.3 is 6.09 Å². The first kappa shape index (κ1) is 18.2. The molecular weight excluding hydrogens is 326 g/mol. The minimum absolute atomic E-state index is 0.0864. The van der Waals surface area contributed by atoms with Crippen LogP contribution < -0.4 is 4.90 Å². The second-order valence-corrected chi connectivity index (χ2v) is 7.08. The van der Waals surface area contributed by atoms with Crippen LogP contribution in [0.4, 0.5) is 16.3 Å². The number of nitrogens with zero attached hydrogens (tertiary/aromatic N) is 3. The maximum Gasteiger partial charge on any atom is 0.420 e. The molecule has 0 N–H and O–H groups in total. The van der Waals surface area contributed by atoms with Gasteiger partial charge in [-0.2, -0.15) is 4.98 Å². The van der Waals surface area contributed by atoms with Crippen LogP contribution >= 0.6 is 11.6 Å². The summed E-state index contributed by atoms with van der Waals surface area (Å²) in [6, 6.07) is 7.52. The van der Waals surface area contributed by atoms with E-state index in [0.29, 0.717) is 17.2 Å². The number of aromatic nitrogens is 2. The standard InChI is InChI=1S/C18H22ClN3O2/c1-11-7-8-14(12(2)9-11)22(17(23)24-18(4,5)6)15-10-13(3)20-16(19)21-15/h7-10H,1-6H3. The van der Waals surface area contributed by atoms with Crippen molar-refractivity contribution < 1.29 is 9.53 Å². The highest BCUT2D eigenvalue weighted by Crippen LogP contribution is 2.30. The van der Waals surface area contributed by atoms with Gasteiger partial charge in [0.1, 0.15) is 11.4 Å². The molecule has 0 radical (unpaired) electrons. The lowest BCUT2D eigenvalue weighted by Crippen LogP contribution is -2.34. The zero-order valence-corrected chi connectivity index (χ0v) is 15.6. The van der Waals surface area contributed by atoms with Crippen LogP contribution in [0.15, 0.2) is 24.3 Å². The van der Waals surface area contributed by atoms with Gasteiger partial charge in [0, 0.05) is 11.8 Å². The number of hydrogen-bond acceptors (Lipinski definition) is 4. The van der Waals surface area contributed by atoms with Crippen LogP contribution in [0.25, 0.3) is 0 Å². The van der Waals surface area contributed by atoms with Gasteiger partial charge in [-0.15, -0.1) is 0 Å². The summed E-state index contributed by atoms with van der Waals surface area (Å²) in [5.74, 6) is 0.383. The van der Waals surface area contributed by atoms with Gasteiger partial charge in [-0.1, -0.05) is 17.7 Å². The molecule has 2 aromatic rings. The topological polar surface area (TPSA) is 55.3 Å². The molecule has 1 amide bonds. The van der Waals surface area contributed by atoms with Gasteiger partial charge in [-0.25, -0.2) is 14.7 Å². The first-order valence-corrected chi connectivity index (χ1v) is 8.06. The zero-order valence-electron chi connectivity index (χ0n) is 14.8. The first-order chi connectivity index (χ1) is 11.1. The lowest BCUT2D eigenvalue weighted by Gasteiger charge is -2.28. The Hall–Kier alpha value is -2.14. The van der Waals surface area contributed by atoms with Crippen molar-refractivity contribution in [3.8, 4) is 0 Å². The number of halogens is 1. The fourth-order valence-electron chi connectivity index (χ4n) is 2.31. The molecule has 0 aliphatic carbocycles. The normalized spacial score (nSPS) is 11.3. The number of anilines is 2. The van der Waals surface area contributed by atoms with Crippen molar-refractivity contribution in [2.24, 2.45) is 0 Å². The van der Waals surface area contributed by atoms with Crippen LogP contribution in [-0.2, 0) is 4.74 Å². The van der Waals surface area contributed by atoms with E-state index in [-0.39, 0.29) is 5.28 Å². The Kier molecular flexibility index (Phi) is 5.13. The molecule has 0 unspecified atom stereocenters. The summed E-state index contributed by atoms with van der Waals surface area (Å²) in [6.07, 6.45) is -0.511. The first-order valence-electron chi connectivity index (χ1n) is 7.68. The Labute approximate surface area is 147 Å². The highest BCUT2D eigenvalue weighted by molar-refractivity contribution is 6.28. The van der Waals surface area contributed by atoms with E-state index < -0.39 is 11.7 Å². The van der Waals surface area contributed by atoms with E-state index in [1.807, 2.05) is 52.8 Å². The highest BCUT2D eigenvalue weighted by atomic mass is 35.5. The van der Waals surface area contributed by atoms with Crippen LogP contribution in [-0.4, -0.2) is 21.7 Å². The minimum Gasteiger partial charge on any atom is -0.443 e. The summed E-state index contributed by atoms with van der Waals surface area (Å²) in [5.41, 5.74) is 2.79. The van der Waals surface area contributed by atoms with Crippen LogP contribution in [0.5, 0.6) is 0 Å². The van der Waals surface area contributed by atoms with Crippen LogP contribution in [0.1, 0.15) is 37.6 Å². The molecule has 0 fully saturated rings. The minimum atomic E-state index is -0.625. The van der Waals surface area contributed by atoms with E-state index in [0.717, 1.165) is 11.1 Å². The third kappa shape index (κ3) is 4.45. The number of carbonyl (C=O) groups is 1. The van der Waals surface area contributed by atoms with E-state index in [9.17, 15) is 4.79 Å². The van der Waals surface area contributed by atoms with Crippen LogP contribution in [0.2, 0.25) is 5.28 Å². The molecule has 1 aromatic heterocycles. The lowest BCUT2D eigenvalue weighted by atomic mass is 10.1. The molecule has 1 heterocycles. The Morgan fingerprint density at radius 3 is 2.33 bits per heavy atom. The molecule has 24 heavy (non-hydrogen) atoms. The van der Waals surface area contributed by atoms with Crippen molar-refractivity contribution in [2.45, 2.75) is 47.1 Å². The van der Waals surface area contributed by atoms with Crippen molar-refractivity contribution in [3.63, 3.8) is 0 Å². The molecule has 2 rings (SSSR count). The molecule has 128 valence electrons. The largest absolute Gasteiger partial charge is 0.443 e. The van der Waals surface area contributed by atoms with E-state index in [4.69, 9.17) is 16.3 Å². The van der Waals surface area contributed by atoms with Crippen molar-refractivity contribution >= 4 is 29.2 Å². The summed E-state index contributed by atoms with van der Waals surface area (Å²) < 4.78 is 5.56. The number of aryl methyl sites for hydroxylation is 3. The van der Waals surface area contributed by atoms with Gasteiger partial charge < -0.3 is 4.74 Å². The van der Waals surface area contributed by atoms with Gasteiger partial charge in [-0.05, 0) is 64.8 Å². The second-order valence-electron chi connectivity index (χ2n) is 6.74. The maximum absolute atomic E-state index is 12.8. The van der Waals surface area contributed by atoms with Gasteiger partial charge in [0.15, 0.2) is 0 Å². The third-order valence-corrected chi connectivity index (χ3v) is 3.38. The predicted octanol–water partition coefficient (Wildman–Crippen LogP) is 5.13. The summed E-state index contributed by atoms with van der Waals surface area (Å²) in [7, 11) is 0. The highest BCUT2D eigenvalue weighted by Gasteiger charge is 2.27. The second kappa shape index (κ2) is 6.77. The van der Waals surface area contributed by atoms with E-state index in [1.54, 1.807) is 13.0 Å². The predicted molar refractivity (Wildman–Crippen MR) is 96.1 cm³/mol. The Morgan fingerprint density at radius 2 is 1.79 bits per heavy atom. The van der Waals surface area contributed by atoms with Crippen molar-refractivity contribution in [2.75, 3.05) is 4.90 Å². The average Bonchev–Trinajstić information content (AvgIpc) is 2.38. The summed E-state index contributed by atoms with van der Waals surface area (Å²) in [5, 5.41) is 0.0864. The van der Waals surface area contributed by atoms with E-state index in [1.165, 1.54) is 4.90 Å². The average molecular weight is 348 g/mol. The van der Waals surface area contributed by atoms with Gasteiger partial charge in [0.25, 0.3) is 0 Å². The molecule has 0 saturated carbocycles. The molecule has 0 atom stereocenters. The lowest BCUT2D eigenvalue weighted by molar-refractivity contribution is 0.0598. The Morgan fingerprint density at radius 1 is 1.12 bits per heavy atom. The zero-order chi connectivity index (χ0) is 18.1. The molecule has 0 bridgehead atoms. The molecule has 0 aliphatic rings. The maximum atomic E-state index is 12.8. The number of benzene rings is 1. The number of carbonyl (C=O) groups excluding carboxylic acids is 1. The summed E-state index contributed by atoms with van der Waals surface area (Å²) in [6.45, 7) is 11.2. The third-order valence-electron chi connectivity index (χ3n) is 3.21. The Balaban J connectivity index is 2.58. The SMILES string of the molecule is Cc1ccc(N(C(=O)OC(C)(C)C)c2cc(C)nc(Cl)n2)c(C)c1. The number of amides is 1. The van der Waals surface area contributed by atoms with Crippen molar-refractivity contribution in [3.05, 3.63) is 46.4 Å². The number of ether oxygens (including phenoxy) is 1. The molecule has 1 aromatic carbocycles. The van der Waals surface area contributed by atoms with Gasteiger partial charge in [0.2, 0.25) is 5.28 Å². The smallest absolute Gasteiger partial charge is 0.420 e. The van der Waals surface area contributed by atoms with Gasteiger partial charge in [0.05, 0.1) is 5.69 Å².